The van der Waals surface area contributed by atoms with Gasteiger partial charge >= 0.3 is 0 Å². The van der Waals surface area contributed by atoms with Gasteiger partial charge in [0.1, 0.15) is 0 Å². The fourth-order valence-corrected chi connectivity index (χ4v) is 4.41. The third kappa shape index (κ3) is 2.81. The van der Waals surface area contributed by atoms with Gasteiger partial charge in [0.25, 0.3) is 0 Å². The highest BCUT2D eigenvalue weighted by Crippen LogP contribution is 2.51. The maximum Gasteiger partial charge on any atom is 0.0238 e. The maximum atomic E-state index is 11.6. The van der Waals surface area contributed by atoms with Gasteiger partial charge in [-0.3, -0.25) is 0 Å². The summed E-state index contributed by atoms with van der Waals surface area (Å²) in [5.74, 6) is 5.00. The minimum absolute atomic E-state index is 0.0924. The predicted octanol–water partition coefficient (Wildman–Crippen LogP) is 2.46. The van der Waals surface area contributed by atoms with Gasteiger partial charge in [0.15, 0.2) is 0 Å². The second kappa shape index (κ2) is 6.06. The Hall–Kier alpha value is -0.200. The quantitative estimate of drug-likeness (QED) is 0.606. The molecule has 5 heteroatoms. The van der Waals surface area contributed by atoms with E-state index in [0.29, 0.717) is 10.6 Å². The Balaban J connectivity index is 2.10. The zero-order valence-electron chi connectivity index (χ0n) is 12.3. The van der Waals surface area contributed by atoms with E-state index in [1.54, 1.807) is 0 Å². The molecule has 0 heterocycles. The Labute approximate surface area is 116 Å². The second-order valence-electron chi connectivity index (χ2n) is 6.58. The molecule has 0 aromatic carbocycles. The summed E-state index contributed by atoms with van der Waals surface area (Å²) in [6.45, 7) is 2.42. The smallest absolute Gasteiger partial charge is 0.0238 e. The number of hydrogen-bond acceptors (Lipinski definition) is 5. The van der Waals surface area contributed by atoms with Crippen molar-refractivity contribution in [1.82, 2.24) is 10.5 Å². The van der Waals surface area contributed by atoms with Gasteiger partial charge in [0.2, 0.25) is 0 Å². The summed E-state index contributed by atoms with van der Waals surface area (Å²) in [5, 5.41) is 15.8. The molecule has 0 bridgehead atoms. The fraction of sp³-hybridized carbons (Fsp3) is 1.00. The number of nitrogens with one attached hydrogen (secondary N) is 1. The van der Waals surface area contributed by atoms with Crippen LogP contribution in [0.25, 0.3) is 0 Å². The van der Waals surface area contributed by atoms with E-state index < -0.39 is 0 Å². The van der Waals surface area contributed by atoms with Gasteiger partial charge in [-0.05, 0) is 57.4 Å². The van der Waals surface area contributed by atoms with E-state index >= 15 is 0 Å². The van der Waals surface area contributed by atoms with E-state index in [4.69, 9.17) is 5.90 Å². The summed E-state index contributed by atoms with van der Waals surface area (Å²) in [6.07, 6.45) is 10.2. The van der Waals surface area contributed by atoms with E-state index in [1.807, 2.05) is 0 Å². The Bertz CT molecular complexity index is 294. The molecule has 2 aliphatic carbocycles. The first-order valence-electron chi connectivity index (χ1n) is 7.59. The van der Waals surface area contributed by atoms with Crippen molar-refractivity contribution in [1.29, 1.82) is 0 Å². The lowest BCUT2D eigenvalue weighted by Crippen LogP contribution is -2.54. The van der Waals surface area contributed by atoms with Gasteiger partial charge in [-0.1, -0.05) is 19.8 Å². The highest BCUT2D eigenvalue weighted by atomic mass is 16.9. The van der Waals surface area contributed by atoms with Crippen molar-refractivity contribution in [3.05, 3.63) is 5.21 Å². The predicted molar refractivity (Wildman–Crippen MR) is 75.7 cm³/mol. The van der Waals surface area contributed by atoms with E-state index in [-0.39, 0.29) is 11.6 Å². The van der Waals surface area contributed by atoms with Gasteiger partial charge in [0, 0.05) is 11.6 Å². The summed E-state index contributed by atoms with van der Waals surface area (Å²) in [4.78, 5) is 4.35. The summed E-state index contributed by atoms with van der Waals surface area (Å²) >= 11 is 0. The first-order chi connectivity index (χ1) is 9.07. The van der Waals surface area contributed by atoms with Crippen LogP contribution in [0.5, 0.6) is 0 Å². The van der Waals surface area contributed by atoms with Crippen molar-refractivity contribution in [2.75, 3.05) is 7.05 Å². The zero-order chi connectivity index (χ0) is 13.9. The number of nitrogens with two attached hydrogens (primary N) is 1. The highest BCUT2D eigenvalue weighted by Gasteiger charge is 2.48. The first kappa shape index (κ1) is 15.2. The van der Waals surface area contributed by atoms with E-state index in [0.717, 1.165) is 32.1 Å². The van der Waals surface area contributed by atoms with Crippen LogP contribution in [0, 0.1) is 10.6 Å². The van der Waals surface area contributed by atoms with Crippen LogP contribution >= 0.6 is 0 Å². The molecule has 19 heavy (non-hydrogen) atoms. The topological polar surface area (TPSA) is 73.6 Å². The van der Waals surface area contributed by atoms with Crippen LogP contribution in [0.1, 0.15) is 64.7 Å². The number of hydroxylamine groups is 2. The van der Waals surface area contributed by atoms with Crippen LogP contribution in [-0.2, 0) is 4.94 Å². The summed E-state index contributed by atoms with van der Waals surface area (Å²) in [5.41, 5.74) is 0.543. The van der Waals surface area contributed by atoms with Gasteiger partial charge < -0.3 is 10.5 Å². The number of hydrogen-bond donors (Lipinski definition) is 2. The summed E-state index contributed by atoms with van der Waals surface area (Å²) in [7, 11) is 2.08. The number of rotatable bonds is 4. The molecule has 0 aromatic heterocycles. The normalized spacial score (nSPS) is 35.5. The molecule has 2 atom stereocenters. The van der Waals surface area contributed by atoms with Crippen LogP contribution < -0.4 is 11.2 Å². The molecule has 0 saturated heterocycles. The second-order valence-corrected chi connectivity index (χ2v) is 6.58. The Morgan fingerprint density at radius 1 is 1.16 bits per heavy atom. The lowest BCUT2D eigenvalue weighted by Gasteiger charge is -2.47. The molecule has 0 amide bonds. The van der Waals surface area contributed by atoms with Crippen LogP contribution in [-0.4, -0.2) is 23.9 Å². The minimum atomic E-state index is -0.0924. The van der Waals surface area contributed by atoms with E-state index in [1.165, 1.54) is 25.7 Å². The SMILES string of the molecule is CNC1(C2(C)CCCC2)CCCC(N([O-])ON)CC1. The van der Waals surface area contributed by atoms with E-state index in [9.17, 15) is 5.21 Å². The molecule has 0 radical (unpaired) electrons. The van der Waals surface area contributed by atoms with Crippen molar-refractivity contribution in [3.8, 4) is 0 Å². The minimum Gasteiger partial charge on any atom is -0.760 e. The number of nitrogens with zero attached hydrogens (tertiary/aromatic N) is 1. The monoisotopic (exact) mass is 270 g/mol. The molecule has 3 N–H and O–H groups in total. The van der Waals surface area contributed by atoms with Gasteiger partial charge in [0.05, 0.1) is 0 Å². The average molecular weight is 270 g/mol. The van der Waals surface area contributed by atoms with Crippen molar-refractivity contribution < 1.29 is 4.94 Å². The lowest BCUT2D eigenvalue weighted by molar-refractivity contribution is -0.155. The van der Waals surface area contributed by atoms with E-state index in [2.05, 4.69) is 24.2 Å². The molecule has 2 saturated carbocycles. The molecule has 2 rings (SSSR count). The lowest BCUT2D eigenvalue weighted by atomic mass is 9.65. The fourth-order valence-electron chi connectivity index (χ4n) is 4.41. The molecule has 2 fully saturated rings. The first-order valence-corrected chi connectivity index (χ1v) is 7.59. The molecular weight excluding hydrogens is 242 g/mol. The van der Waals surface area contributed by atoms with Crippen molar-refractivity contribution in [2.45, 2.75) is 76.3 Å². The third-order valence-electron chi connectivity index (χ3n) is 5.79. The van der Waals surface area contributed by atoms with Gasteiger partial charge in [-0.15, -0.1) is 0 Å². The molecule has 2 unspecified atom stereocenters. The Kier molecular flexibility index (Phi) is 4.84. The maximum absolute atomic E-state index is 11.6. The van der Waals surface area contributed by atoms with Crippen LogP contribution in [0.2, 0.25) is 0 Å². The molecule has 2 aliphatic rings. The van der Waals surface area contributed by atoms with Gasteiger partial charge in [-0.2, -0.15) is 5.90 Å². The standard InChI is InChI=1S/C14H28N3O2/c1-13(8-3-4-9-13)14(16-2)10-5-6-12(7-11-14)17(18)19-15/h12,16H,3-11,15H2,1-2H3/q-1. The molecule has 112 valence electrons. The van der Waals surface area contributed by atoms with Crippen molar-refractivity contribution >= 4 is 0 Å². The highest BCUT2D eigenvalue weighted by molar-refractivity contribution is 5.05. The molecule has 0 aromatic rings. The van der Waals surface area contributed by atoms with Gasteiger partial charge in [-0.25, -0.2) is 10.2 Å². The Morgan fingerprint density at radius 3 is 2.42 bits per heavy atom. The summed E-state index contributed by atoms with van der Waals surface area (Å²) in [6, 6.07) is -0.0924. The summed E-state index contributed by atoms with van der Waals surface area (Å²) < 4.78 is 0. The third-order valence-corrected chi connectivity index (χ3v) is 5.79. The Morgan fingerprint density at radius 2 is 1.84 bits per heavy atom. The molecule has 0 spiro atoms. The molecule has 5 nitrogen and oxygen atoms in total. The van der Waals surface area contributed by atoms with Crippen LogP contribution in [0.3, 0.4) is 0 Å². The largest absolute Gasteiger partial charge is 0.760 e. The van der Waals surface area contributed by atoms with Crippen LogP contribution in [0.15, 0.2) is 0 Å². The molecular formula is C14H28N3O2-. The average Bonchev–Trinajstić information content (AvgIpc) is 2.76. The van der Waals surface area contributed by atoms with Crippen molar-refractivity contribution in [2.24, 2.45) is 11.3 Å². The zero-order valence-corrected chi connectivity index (χ0v) is 12.3. The molecule has 0 aliphatic heterocycles. The van der Waals surface area contributed by atoms with Crippen LogP contribution in [0.4, 0.5) is 0 Å². The van der Waals surface area contributed by atoms with Crippen molar-refractivity contribution in [3.63, 3.8) is 0 Å².